The van der Waals surface area contributed by atoms with Gasteiger partial charge in [-0.3, -0.25) is 0 Å². The van der Waals surface area contributed by atoms with Crippen molar-refractivity contribution in [1.29, 1.82) is 0 Å². The number of aryl methyl sites for hydroxylation is 6. The highest BCUT2D eigenvalue weighted by Crippen LogP contribution is 2.45. The molecule has 4 aromatic carbocycles. The van der Waals surface area contributed by atoms with E-state index < -0.39 is 0 Å². The van der Waals surface area contributed by atoms with E-state index in [0.717, 1.165) is 152 Å². The van der Waals surface area contributed by atoms with Gasteiger partial charge in [0.25, 0.3) is 0 Å². The average molecular weight is 1190 g/mol. The smallest absolute Gasteiger partial charge is 0.127 e. The first-order valence-corrected chi connectivity index (χ1v) is 32.2. The van der Waals surface area contributed by atoms with Crippen molar-refractivity contribution in [3.05, 3.63) is 249 Å². The quantitative estimate of drug-likeness (QED) is 0.0376. The number of H-pyrrole nitrogens is 6. The van der Waals surface area contributed by atoms with Crippen LogP contribution in [0.25, 0.3) is 90.9 Å². The number of rotatable bonds is 22. The Bertz CT molecular complexity index is 4180. The molecule has 0 spiro atoms. The Labute approximate surface area is 529 Å². The van der Waals surface area contributed by atoms with Crippen LogP contribution in [0.2, 0.25) is 0 Å². The lowest BCUT2D eigenvalue weighted by Gasteiger charge is -2.28. The van der Waals surface area contributed by atoms with E-state index in [1.807, 2.05) is 24.8 Å². The van der Waals surface area contributed by atoms with E-state index in [9.17, 15) is 0 Å². The van der Waals surface area contributed by atoms with Crippen molar-refractivity contribution < 1.29 is 9.47 Å². The second-order valence-electron chi connectivity index (χ2n) is 25.4. The van der Waals surface area contributed by atoms with Gasteiger partial charge in [0.15, 0.2) is 0 Å². The zero-order valence-electron chi connectivity index (χ0n) is 53.3. The second kappa shape index (κ2) is 25.4. The standard InChI is InChI=1S/C80H82N8O2/c1-51-47-53(3)73(54(4)48-51)77-63-35-31-59(85-63)75(57-23-11-13-25-67(57)89-45-17-9-15-39-79(7,69-27-19-41-81-69)70-28-20-42-82-70)61-33-37-65(87-61)78(74-55(5)49-52(2)50-56(74)6)66-38-34-62(88-66)76(60-32-36-64(77)86-60)58-24-12-14-26-68(58)90-46-18-10-16-40-80(8,71-29-21-43-83-71)72-30-22-44-84-72/h11-14,19-38,41-44,47-50,81-85,88H,9-10,15-18,39-40,45-46H2,1-8H3. The van der Waals surface area contributed by atoms with Crippen LogP contribution in [0, 0.1) is 41.5 Å². The summed E-state index contributed by atoms with van der Waals surface area (Å²) in [5.74, 6) is 1.63. The predicted octanol–water partition coefficient (Wildman–Crippen LogP) is 20.4. The fourth-order valence-corrected chi connectivity index (χ4v) is 14.4. The van der Waals surface area contributed by atoms with Gasteiger partial charge >= 0.3 is 0 Å². The van der Waals surface area contributed by atoms with Crippen molar-refractivity contribution in [3.63, 3.8) is 0 Å². The maximum atomic E-state index is 6.92. The molecular weight excluding hydrogens is 1100 g/mol. The first-order valence-electron chi connectivity index (χ1n) is 32.2. The third-order valence-electron chi connectivity index (χ3n) is 18.8. The lowest BCUT2D eigenvalue weighted by atomic mass is 9.78. The molecule has 0 saturated heterocycles. The van der Waals surface area contributed by atoms with Crippen LogP contribution in [0.4, 0.5) is 0 Å². The Balaban J connectivity index is 0.926. The van der Waals surface area contributed by atoms with E-state index in [0.29, 0.717) is 13.2 Å². The van der Waals surface area contributed by atoms with E-state index in [4.69, 9.17) is 19.4 Å². The lowest BCUT2D eigenvalue weighted by Crippen LogP contribution is -2.24. The summed E-state index contributed by atoms with van der Waals surface area (Å²) in [6.45, 7) is 19.0. The van der Waals surface area contributed by atoms with Gasteiger partial charge in [0.1, 0.15) is 11.5 Å². The Hall–Kier alpha value is -9.80. The van der Waals surface area contributed by atoms with Crippen LogP contribution in [0.15, 0.2) is 170 Å². The van der Waals surface area contributed by atoms with Crippen molar-refractivity contribution in [2.75, 3.05) is 13.2 Å². The summed E-state index contributed by atoms with van der Waals surface area (Å²) in [7, 11) is 0. The van der Waals surface area contributed by atoms with Gasteiger partial charge < -0.3 is 39.4 Å². The number of nitrogens with zero attached hydrogens (tertiary/aromatic N) is 2. The minimum Gasteiger partial charge on any atom is -0.493 e. The summed E-state index contributed by atoms with van der Waals surface area (Å²) < 4.78 is 13.8. The van der Waals surface area contributed by atoms with Gasteiger partial charge in [0, 0.05) is 114 Å². The topological polar surface area (TPSA) is 139 Å². The summed E-state index contributed by atoms with van der Waals surface area (Å²) in [5, 5.41) is 0. The van der Waals surface area contributed by atoms with E-state index in [1.54, 1.807) is 0 Å². The largest absolute Gasteiger partial charge is 0.493 e. The monoisotopic (exact) mass is 1190 g/mol. The number of unbranched alkanes of at least 4 members (excludes halogenated alkanes) is 4. The van der Waals surface area contributed by atoms with Crippen molar-refractivity contribution in [2.24, 2.45) is 0 Å². The normalized spacial score (nSPS) is 12.4. The number of nitrogens with one attached hydrogen (secondary N) is 6. The van der Waals surface area contributed by atoms with Gasteiger partial charge in [-0.25, -0.2) is 9.97 Å². The Morgan fingerprint density at radius 1 is 0.344 bits per heavy atom. The fraction of sp³-hybridized carbons (Fsp3) is 0.250. The maximum absolute atomic E-state index is 6.92. The molecule has 10 heteroatoms. The molecule has 2 aliphatic heterocycles. The molecule has 0 atom stereocenters. The minimum atomic E-state index is -0.144. The average Bonchev–Trinajstić information content (AvgIpc) is 1.76. The molecule has 0 fully saturated rings. The molecule has 2 aliphatic rings. The minimum absolute atomic E-state index is 0.144. The van der Waals surface area contributed by atoms with Crippen molar-refractivity contribution in [2.45, 2.75) is 118 Å². The molecule has 11 aromatic rings. The summed E-state index contributed by atoms with van der Waals surface area (Å²) in [5.41, 5.74) is 27.1. The Morgan fingerprint density at radius 3 is 1.00 bits per heavy atom. The van der Waals surface area contributed by atoms with Gasteiger partial charge in [-0.1, -0.05) is 97.5 Å². The van der Waals surface area contributed by atoms with E-state index >= 15 is 0 Å². The number of aromatic nitrogens is 8. The van der Waals surface area contributed by atoms with Crippen LogP contribution >= 0.6 is 0 Å². The third-order valence-corrected chi connectivity index (χ3v) is 18.8. The predicted molar refractivity (Wildman–Crippen MR) is 373 cm³/mol. The van der Waals surface area contributed by atoms with Gasteiger partial charge in [-0.05, 0) is 224 Å². The van der Waals surface area contributed by atoms with Crippen LogP contribution in [0.1, 0.15) is 144 Å². The van der Waals surface area contributed by atoms with Gasteiger partial charge in [0.05, 0.1) is 36.0 Å². The highest BCUT2D eigenvalue weighted by atomic mass is 16.5. The van der Waals surface area contributed by atoms with Crippen molar-refractivity contribution >= 4 is 46.4 Å². The molecule has 9 heterocycles. The molecule has 0 saturated carbocycles. The summed E-state index contributed by atoms with van der Waals surface area (Å²) in [4.78, 5) is 33.6. The van der Waals surface area contributed by atoms with E-state index in [-0.39, 0.29) is 10.8 Å². The molecular formula is C80H82N8O2. The molecule has 10 nitrogen and oxygen atoms in total. The molecule has 8 bridgehead atoms. The number of hydrogen-bond acceptors (Lipinski definition) is 4. The zero-order valence-corrected chi connectivity index (χ0v) is 53.3. The molecule has 454 valence electrons. The highest BCUT2D eigenvalue weighted by molar-refractivity contribution is 6.02. The molecule has 0 aliphatic carbocycles. The second-order valence-corrected chi connectivity index (χ2v) is 25.4. The van der Waals surface area contributed by atoms with Crippen LogP contribution in [-0.2, 0) is 10.8 Å². The van der Waals surface area contributed by atoms with Crippen LogP contribution in [0.5, 0.6) is 11.5 Å². The lowest BCUT2D eigenvalue weighted by molar-refractivity contribution is 0.303. The first-order chi connectivity index (χ1) is 43.8. The first kappa shape index (κ1) is 59.2. The number of benzene rings is 4. The Morgan fingerprint density at radius 2 is 0.667 bits per heavy atom. The van der Waals surface area contributed by atoms with E-state index in [2.05, 4.69) is 255 Å². The Kier molecular flexibility index (Phi) is 16.7. The van der Waals surface area contributed by atoms with E-state index in [1.165, 1.54) is 56.2 Å². The van der Waals surface area contributed by atoms with Crippen LogP contribution < -0.4 is 9.47 Å². The highest BCUT2D eigenvalue weighted by Gasteiger charge is 2.32. The summed E-state index contributed by atoms with van der Waals surface area (Å²) in [6.07, 6.45) is 24.8. The molecule has 0 radical (unpaired) electrons. The van der Waals surface area contributed by atoms with Crippen LogP contribution in [0.3, 0.4) is 0 Å². The third kappa shape index (κ3) is 11.6. The molecule has 0 unspecified atom stereocenters. The van der Waals surface area contributed by atoms with Crippen molar-refractivity contribution in [3.8, 4) is 56.0 Å². The zero-order chi connectivity index (χ0) is 61.9. The molecule has 13 rings (SSSR count). The van der Waals surface area contributed by atoms with Crippen molar-refractivity contribution in [1.82, 2.24) is 39.9 Å². The molecule has 7 aromatic heterocycles. The number of aromatic amines is 6. The number of fused-ring (bicyclic) bond motifs is 8. The van der Waals surface area contributed by atoms with Gasteiger partial charge in [-0.15, -0.1) is 0 Å². The summed E-state index contributed by atoms with van der Waals surface area (Å²) in [6, 6.07) is 52.1. The molecule has 90 heavy (non-hydrogen) atoms. The SMILES string of the molecule is Cc1cc(C)c(-c2c3nc(c(-c4ccccc4OCCCCCC(C)(c4ccc[nH]4)c4ccc[nH]4)c4ccc([nH]4)c(-c4c(C)cc(C)cc4C)c4nc(c(-c5ccccc5OCCCCCC(C)(c5ccc[nH]5)c5ccc[nH]5)c5ccc2[nH]5)C=C4)C=C3)c(C)c1. The number of hydrogen-bond donors (Lipinski definition) is 6. The fourth-order valence-electron chi connectivity index (χ4n) is 14.4. The number of ether oxygens (including phenoxy) is 2. The molecule has 0 amide bonds. The molecule has 6 N–H and O–H groups in total. The van der Waals surface area contributed by atoms with Gasteiger partial charge in [-0.2, -0.15) is 0 Å². The van der Waals surface area contributed by atoms with Crippen LogP contribution in [-0.4, -0.2) is 53.1 Å². The maximum Gasteiger partial charge on any atom is 0.127 e. The number of para-hydroxylation sites is 2. The summed E-state index contributed by atoms with van der Waals surface area (Å²) >= 11 is 0. The van der Waals surface area contributed by atoms with Gasteiger partial charge in [0.2, 0.25) is 0 Å².